The zero-order chi connectivity index (χ0) is 16.5. The van der Waals surface area contributed by atoms with Gasteiger partial charge in [-0.05, 0) is 42.5 Å². The summed E-state index contributed by atoms with van der Waals surface area (Å²) in [7, 11) is -2.04. The number of rotatable bonds is 5. The van der Waals surface area contributed by atoms with Crippen LogP contribution in [0.5, 0.6) is 0 Å². The molecule has 0 radical (unpaired) electrons. The average molecular weight is 354 g/mol. The minimum absolute atomic E-state index is 0.00545. The molecule has 8 heteroatoms. The van der Waals surface area contributed by atoms with E-state index < -0.39 is 19.1 Å². The molecule has 0 bridgehead atoms. The first-order chi connectivity index (χ1) is 9.30. The minimum Gasteiger partial charge on any atom is -0.283 e. The number of hydrogen-bond acceptors (Lipinski definition) is 4. The SMILES string of the molecule is Cc1cc(S(=O)(=O)Cl)ccc1NS(=O)(=O)CCC(C)(C)C. The molecule has 1 rings (SSSR count). The predicted molar refractivity (Wildman–Crippen MR) is 85.7 cm³/mol. The van der Waals surface area contributed by atoms with Crippen molar-refractivity contribution in [2.45, 2.75) is 39.0 Å². The smallest absolute Gasteiger partial charge is 0.261 e. The van der Waals surface area contributed by atoms with E-state index in [1.807, 2.05) is 20.8 Å². The maximum atomic E-state index is 12.0. The van der Waals surface area contributed by atoms with Gasteiger partial charge in [0.05, 0.1) is 16.3 Å². The summed E-state index contributed by atoms with van der Waals surface area (Å²) >= 11 is 0. The van der Waals surface area contributed by atoms with Crippen molar-refractivity contribution >= 4 is 35.4 Å². The molecular formula is C13H20ClNO4S2. The zero-order valence-electron chi connectivity index (χ0n) is 12.5. The fourth-order valence-corrected chi connectivity index (χ4v) is 3.94. The third kappa shape index (κ3) is 6.23. The highest BCUT2D eigenvalue weighted by Gasteiger charge is 2.19. The average Bonchev–Trinajstić information content (AvgIpc) is 2.27. The van der Waals surface area contributed by atoms with Crippen LogP contribution < -0.4 is 4.72 Å². The van der Waals surface area contributed by atoms with Crippen LogP contribution in [0.1, 0.15) is 32.8 Å². The molecule has 1 aromatic rings. The van der Waals surface area contributed by atoms with E-state index in [1.165, 1.54) is 18.2 Å². The fraction of sp³-hybridized carbons (Fsp3) is 0.538. The van der Waals surface area contributed by atoms with Crippen molar-refractivity contribution in [2.75, 3.05) is 10.5 Å². The second-order valence-electron chi connectivity index (χ2n) is 6.15. The van der Waals surface area contributed by atoms with Crippen molar-refractivity contribution in [3.05, 3.63) is 23.8 Å². The van der Waals surface area contributed by atoms with Crippen molar-refractivity contribution in [3.63, 3.8) is 0 Å². The van der Waals surface area contributed by atoms with Crippen molar-refractivity contribution in [1.29, 1.82) is 0 Å². The molecule has 0 atom stereocenters. The lowest BCUT2D eigenvalue weighted by molar-refractivity contribution is 0.397. The molecule has 0 aromatic heterocycles. The Morgan fingerprint density at radius 3 is 2.14 bits per heavy atom. The van der Waals surface area contributed by atoms with E-state index in [-0.39, 0.29) is 16.1 Å². The molecule has 0 fully saturated rings. The van der Waals surface area contributed by atoms with Gasteiger partial charge in [-0.1, -0.05) is 20.8 Å². The Bertz CT molecular complexity index is 719. The van der Waals surface area contributed by atoms with Crippen LogP contribution >= 0.6 is 10.7 Å². The molecule has 0 aliphatic rings. The number of aryl methyl sites for hydroxylation is 1. The Kier molecular flexibility index (Phi) is 5.34. The number of nitrogens with one attached hydrogen (secondary N) is 1. The third-order valence-corrected chi connectivity index (χ3v) is 5.49. The topological polar surface area (TPSA) is 80.3 Å². The van der Waals surface area contributed by atoms with Crippen molar-refractivity contribution < 1.29 is 16.8 Å². The third-order valence-electron chi connectivity index (χ3n) is 2.87. The second kappa shape index (κ2) is 6.14. The lowest BCUT2D eigenvalue weighted by atomic mass is 9.94. The van der Waals surface area contributed by atoms with Crippen LogP contribution in [0.4, 0.5) is 5.69 Å². The van der Waals surface area contributed by atoms with Crippen LogP contribution in [0.15, 0.2) is 23.1 Å². The van der Waals surface area contributed by atoms with Gasteiger partial charge < -0.3 is 0 Å². The van der Waals surface area contributed by atoms with Crippen LogP contribution in [0.2, 0.25) is 0 Å². The molecule has 21 heavy (non-hydrogen) atoms. The Labute approximate surface area is 131 Å². The zero-order valence-corrected chi connectivity index (χ0v) is 14.9. The van der Waals surface area contributed by atoms with Gasteiger partial charge in [-0.15, -0.1) is 0 Å². The summed E-state index contributed by atoms with van der Waals surface area (Å²) in [6.07, 6.45) is 0.523. The van der Waals surface area contributed by atoms with E-state index in [2.05, 4.69) is 4.72 Å². The molecule has 0 spiro atoms. The number of sulfonamides is 1. The van der Waals surface area contributed by atoms with Gasteiger partial charge >= 0.3 is 0 Å². The van der Waals surface area contributed by atoms with Gasteiger partial charge in [0.15, 0.2) is 0 Å². The van der Waals surface area contributed by atoms with Gasteiger partial charge in [0.1, 0.15) is 0 Å². The first kappa shape index (κ1) is 18.3. The van der Waals surface area contributed by atoms with E-state index in [9.17, 15) is 16.8 Å². The largest absolute Gasteiger partial charge is 0.283 e. The first-order valence-corrected chi connectivity index (χ1v) is 10.3. The summed E-state index contributed by atoms with van der Waals surface area (Å²) in [4.78, 5) is -0.0562. The molecule has 120 valence electrons. The molecule has 1 aromatic carbocycles. The number of hydrogen-bond donors (Lipinski definition) is 1. The van der Waals surface area contributed by atoms with Crippen LogP contribution in [0, 0.1) is 12.3 Å². The first-order valence-electron chi connectivity index (χ1n) is 6.36. The van der Waals surface area contributed by atoms with Gasteiger partial charge in [0.25, 0.3) is 9.05 Å². The number of benzene rings is 1. The monoisotopic (exact) mass is 353 g/mol. The van der Waals surface area contributed by atoms with E-state index in [4.69, 9.17) is 10.7 Å². The maximum absolute atomic E-state index is 12.0. The highest BCUT2D eigenvalue weighted by molar-refractivity contribution is 8.13. The van der Waals surface area contributed by atoms with E-state index in [1.54, 1.807) is 6.92 Å². The van der Waals surface area contributed by atoms with E-state index in [0.29, 0.717) is 17.7 Å². The van der Waals surface area contributed by atoms with Crippen molar-refractivity contribution in [2.24, 2.45) is 5.41 Å². The maximum Gasteiger partial charge on any atom is 0.261 e. The lowest BCUT2D eigenvalue weighted by Gasteiger charge is -2.18. The quantitative estimate of drug-likeness (QED) is 0.825. The summed E-state index contributed by atoms with van der Waals surface area (Å²) in [5.74, 6) is 0.00545. The van der Waals surface area contributed by atoms with Crippen molar-refractivity contribution in [3.8, 4) is 0 Å². The Morgan fingerprint density at radius 1 is 1.14 bits per heavy atom. The van der Waals surface area contributed by atoms with Gasteiger partial charge in [0, 0.05) is 10.7 Å². The van der Waals surface area contributed by atoms with Gasteiger partial charge in [-0.25, -0.2) is 16.8 Å². The second-order valence-corrected chi connectivity index (χ2v) is 10.6. The summed E-state index contributed by atoms with van der Waals surface area (Å²) < 4.78 is 49.0. The molecule has 0 saturated carbocycles. The molecular weight excluding hydrogens is 334 g/mol. The van der Waals surface area contributed by atoms with Crippen LogP contribution in [-0.2, 0) is 19.1 Å². The minimum atomic E-state index is -3.82. The van der Waals surface area contributed by atoms with Gasteiger partial charge in [-0.2, -0.15) is 0 Å². The summed E-state index contributed by atoms with van der Waals surface area (Å²) in [5, 5.41) is 0. The highest BCUT2D eigenvalue weighted by atomic mass is 35.7. The molecule has 5 nitrogen and oxygen atoms in total. The van der Waals surface area contributed by atoms with Crippen LogP contribution in [-0.4, -0.2) is 22.6 Å². The van der Waals surface area contributed by atoms with Gasteiger partial charge in [0.2, 0.25) is 10.0 Å². The molecule has 0 unspecified atom stereocenters. The highest BCUT2D eigenvalue weighted by Crippen LogP contribution is 2.24. The summed E-state index contributed by atoms with van der Waals surface area (Å²) in [6, 6.07) is 4.01. The van der Waals surface area contributed by atoms with Crippen LogP contribution in [0.3, 0.4) is 0 Å². The van der Waals surface area contributed by atoms with E-state index >= 15 is 0 Å². The van der Waals surface area contributed by atoms with E-state index in [0.717, 1.165) is 0 Å². The number of anilines is 1. The summed E-state index contributed by atoms with van der Waals surface area (Å²) in [6.45, 7) is 7.52. The van der Waals surface area contributed by atoms with Crippen molar-refractivity contribution in [1.82, 2.24) is 0 Å². The van der Waals surface area contributed by atoms with Gasteiger partial charge in [-0.3, -0.25) is 4.72 Å². The summed E-state index contributed by atoms with van der Waals surface area (Å²) in [5.41, 5.74) is 0.768. The Hall–Kier alpha value is -0.790. The Balaban J connectivity index is 2.94. The molecule has 0 aliphatic carbocycles. The molecule has 0 heterocycles. The Morgan fingerprint density at radius 2 is 1.71 bits per heavy atom. The molecule has 0 amide bonds. The normalized spacial score (nSPS) is 13.2. The predicted octanol–water partition coefficient (Wildman–Crippen LogP) is 3.10. The number of halogens is 1. The molecule has 0 aliphatic heterocycles. The lowest BCUT2D eigenvalue weighted by Crippen LogP contribution is -2.21. The standard InChI is InChI=1S/C13H20ClNO4S2/c1-10-9-11(21(14,18)19)5-6-12(10)15-20(16,17)8-7-13(2,3)4/h5-6,9,15H,7-8H2,1-4H3. The molecule has 0 saturated heterocycles. The molecule has 1 N–H and O–H groups in total. The fourth-order valence-electron chi connectivity index (χ4n) is 1.56. The van der Waals surface area contributed by atoms with Crippen LogP contribution in [0.25, 0.3) is 0 Å².